The lowest BCUT2D eigenvalue weighted by molar-refractivity contribution is 0.630. The summed E-state index contributed by atoms with van der Waals surface area (Å²) in [7, 11) is 0. The third-order valence-electron chi connectivity index (χ3n) is 1.78. The van der Waals surface area contributed by atoms with Gasteiger partial charge in [-0.2, -0.15) is 0 Å². The number of aryl methyl sites for hydroxylation is 1. The van der Waals surface area contributed by atoms with E-state index in [-0.39, 0.29) is 5.82 Å². The van der Waals surface area contributed by atoms with Crippen LogP contribution in [0.5, 0.6) is 0 Å². The molecule has 4 heteroatoms. The van der Waals surface area contributed by atoms with Crippen molar-refractivity contribution in [3.8, 4) is 10.6 Å². The molecular weight excluding hydrogens is 265 g/mol. The number of rotatable bonds is 1. The Morgan fingerprint density at radius 2 is 2.21 bits per heavy atom. The normalized spacial score (nSPS) is 10.5. The van der Waals surface area contributed by atoms with E-state index in [9.17, 15) is 4.39 Å². The molecule has 0 amide bonds. The highest BCUT2D eigenvalue weighted by atomic mass is 79.9. The first kappa shape index (κ1) is 9.80. The molecule has 1 aromatic heterocycles. The Hall–Kier alpha value is -0.740. The van der Waals surface area contributed by atoms with Crippen LogP contribution in [0.2, 0.25) is 0 Å². The van der Waals surface area contributed by atoms with E-state index in [2.05, 4.69) is 20.9 Å². The minimum atomic E-state index is -0.242. The number of thiazole rings is 1. The van der Waals surface area contributed by atoms with Gasteiger partial charge < -0.3 is 0 Å². The highest BCUT2D eigenvalue weighted by molar-refractivity contribution is 9.10. The summed E-state index contributed by atoms with van der Waals surface area (Å²) in [4.78, 5) is 5.23. The predicted octanol–water partition coefficient (Wildman–Crippen LogP) is 4.02. The van der Waals surface area contributed by atoms with Crippen LogP contribution in [0.15, 0.2) is 28.9 Å². The van der Waals surface area contributed by atoms with Gasteiger partial charge in [0.15, 0.2) is 0 Å². The number of nitrogens with zero attached hydrogens (tertiary/aromatic N) is 1. The number of halogens is 2. The maximum Gasteiger partial charge on any atom is 0.134 e. The molecule has 2 aromatic rings. The number of hydrogen-bond acceptors (Lipinski definition) is 2. The lowest BCUT2D eigenvalue weighted by atomic mass is 10.2. The Balaban J connectivity index is 2.52. The largest absolute Gasteiger partial charge is 0.244 e. The van der Waals surface area contributed by atoms with Gasteiger partial charge in [0.25, 0.3) is 0 Å². The molecule has 0 spiro atoms. The van der Waals surface area contributed by atoms with Gasteiger partial charge >= 0.3 is 0 Å². The maximum absolute atomic E-state index is 13.5. The lowest BCUT2D eigenvalue weighted by Crippen LogP contribution is -1.82. The Kier molecular flexibility index (Phi) is 2.65. The maximum atomic E-state index is 13.5. The zero-order valence-corrected chi connectivity index (χ0v) is 9.82. The van der Waals surface area contributed by atoms with Gasteiger partial charge in [-0.3, -0.25) is 0 Å². The van der Waals surface area contributed by atoms with Crippen molar-refractivity contribution in [3.05, 3.63) is 39.6 Å². The molecule has 0 aliphatic rings. The van der Waals surface area contributed by atoms with E-state index in [1.54, 1.807) is 12.3 Å². The summed E-state index contributed by atoms with van der Waals surface area (Å²) < 4.78 is 14.2. The molecule has 72 valence electrons. The Morgan fingerprint density at radius 3 is 2.79 bits per heavy atom. The molecule has 0 aliphatic carbocycles. The Morgan fingerprint density at radius 1 is 1.43 bits per heavy atom. The molecule has 0 unspecified atom stereocenters. The zero-order chi connectivity index (χ0) is 10.1. The van der Waals surface area contributed by atoms with Crippen molar-refractivity contribution >= 4 is 27.3 Å². The van der Waals surface area contributed by atoms with E-state index >= 15 is 0 Å². The monoisotopic (exact) mass is 271 g/mol. The van der Waals surface area contributed by atoms with Crippen LogP contribution in [0, 0.1) is 12.7 Å². The summed E-state index contributed by atoms with van der Waals surface area (Å²) in [5.74, 6) is -0.242. The van der Waals surface area contributed by atoms with Crippen LogP contribution in [-0.2, 0) is 0 Å². The van der Waals surface area contributed by atoms with Gasteiger partial charge in [-0.15, -0.1) is 11.3 Å². The van der Waals surface area contributed by atoms with E-state index < -0.39 is 0 Å². The van der Waals surface area contributed by atoms with Crippen molar-refractivity contribution in [1.82, 2.24) is 4.98 Å². The quantitative estimate of drug-likeness (QED) is 0.764. The summed E-state index contributed by atoms with van der Waals surface area (Å²) in [6, 6.07) is 5.00. The second-order valence-corrected chi connectivity index (χ2v) is 5.05. The van der Waals surface area contributed by atoms with E-state index in [4.69, 9.17) is 0 Å². The molecule has 14 heavy (non-hydrogen) atoms. The average molecular weight is 272 g/mol. The van der Waals surface area contributed by atoms with Gasteiger partial charge in [-0.1, -0.05) is 15.9 Å². The number of aromatic nitrogens is 1. The predicted molar refractivity (Wildman–Crippen MR) is 59.9 cm³/mol. The number of benzene rings is 1. The first-order valence-corrected chi connectivity index (χ1v) is 5.65. The van der Waals surface area contributed by atoms with Gasteiger partial charge in [0, 0.05) is 21.1 Å². The van der Waals surface area contributed by atoms with Gasteiger partial charge in [0.1, 0.15) is 10.8 Å². The molecule has 2 rings (SSSR count). The van der Waals surface area contributed by atoms with Crippen LogP contribution in [0.4, 0.5) is 4.39 Å². The van der Waals surface area contributed by atoms with Crippen LogP contribution in [0.25, 0.3) is 10.6 Å². The lowest BCUT2D eigenvalue weighted by Gasteiger charge is -1.98. The standard InChI is InChI=1S/C10H7BrFNS/c1-6-5-13-10(14-6)8-3-2-7(11)4-9(8)12/h2-5H,1H3. The van der Waals surface area contributed by atoms with Crippen molar-refractivity contribution in [2.24, 2.45) is 0 Å². The SMILES string of the molecule is Cc1cnc(-c2ccc(Br)cc2F)s1. The molecule has 0 aliphatic heterocycles. The van der Waals surface area contributed by atoms with Crippen molar-refractivity contribution in [3.63, 3.8) is 0 Å². The van der Waals surface area contributed by atoms with Crippen LogP contribution in [-0.4, -0.2) is 4.98 Å². The van der Waals surface area contributed by atoms with Crippen LogP contribution < -0.4 is 0 Å². The van der Waals surface area contributed by atoms with Gasteiger partial charge in [-0.25, -0.2) is 9.37 Å². The fourth-order valence-corrected chi connectivity index (χ4v) is 2.27. The van der Waals surface area contributed by atoms with E-state index in [0.29, 0.717) is 5.56 Å². The third kappa shape index (κ3) is 1.86. The molecule has 0 atom stereocenters. The second-order valence-electron chi connectivity index (χ2n) is 2.90. The molecule has 0 bridgehead atoms. The van der Waals surface area contributed by atoms with E-state index in [1.165, 1.54) is 17.4 Å². The topological polar surface area (TPSA) is 12.9 Å². The molecule has 1 nitrogen and oxygen atoms in total. The fraction of sp³-hybridized carbons (Fsp3) is 0.100. The Labute approximate surface area is 93.7 Å². The minimum absolute atomic E-state index is 0.242. The zero-order valence-electron chi connectivity index (χ0n) is 7.42. The molecule has 0 N–H and O–H groups in total. The summed E-state index contributed by atoms with van der Waals surface area (Å²) in [6.07, 6.45) is 1.75. The van der Waals surface area contributed by atoms with Crippen LogP contribution in [0.1, 0.15) is 4.88 Å². The van der Waals surface area contributed by atoms with Crippen molar-refractivity contribution in [2.75, 3.05) is 0 Å². The molecule has 0 saturated carbocycles. The molecule has 0 fully saturated rings. The van der Waals surface area contributed by atoms with Crippen molar-refractivity contribution < 1.29 is 4.39 Å². The molecular formula is C10H7BrFNS. The van der Waals surface area contributed by atoms with Crippen molar-refractivity contribution in [2.45, 2.75) is 6.92 Å². The highest BCUT2D eigenvalue weighted by Crippen LogP contribution is 2.28. The third-order valence-corrected chi connectivity index (χ3v) is 3.22. The summed E-state index contributed by atoms with van der Waals surface area (Å²) in [6.45, 7) is 1.96. The van der Waals surface area contributed by atoms with Gasteiger partial charge in [0.05, 0.1) is 0 Å². The summed E-state index contributed by atoms with van der Waals surface area (Å²) in [5, 5.41) is 0.729. The summed E-state index contributed by atoms with van der Waals surface area (Å²) in [5.41, 5.74) is 0.561. The first-order valence-electron chi connectivity index (χ1n) is 4.04. The van der Waals surface area contributed by atoms with Crippen molar-refractivity contribution in [1.29, 1.82) is 0 Å². The summed E-state index contributed by atoms with van der Waals surface area (Å²) >= 11 is 4.71. The molecule has 0 saturated heterocycles. The second kappa shape index (κ2) is 3.79. The smallest absolute Gasteiger partial charge is 0.134 e. The molecule has 1 aromatic carbocycles. The van der Waals surface area contributed by atoms with E-state index in [1.807, 2.05) is 13.0 Å². The molecule has 0 radical (unpaired) electrons. The highest BCUT2D eigenvalue weighted by Gasteiger charge is 2.08. The first-order chi connectivity index (χ1) is 6.66. The van der Waals surface area contributed by atoms with E-state index in [0.717, 1.165) is 14.4 Å². The van der Waals surface area contributed by atoms with Gasteiger partial charge in [0.2, 0.25) is 0 Å². The van der Waals surface area contributed by atoms with Gasteiger partial charge in [-0.05, 0) is 25.1 Å². The molecule has 1 heterocycles. The number of hydrogen-bond donors (Lipinski definition) is 0. The minimum Gasteiger partial charge on any atom is -0.244 e. The fourth-order valence-electron chi connectivity index (χ4n) is 1.14. The van der Waals surface area contributed by atoms with Crippen LogP contribution in [0.3, 0.4) is 0 Å². The van der Waals surface area contributed by atoms with Crippen LogP contribution >= 0.6 is 27.3 Å². The average Bonchev–Trinajstić information content (AvgIpc) is 2.51. The Bertz CT molecular complexity index is 467.